The third kappa shape index (κ3) is 1.35. The van der Waals surface area contributed by atoms with Gasteiger partial charge in [0.2, 0.25) is 0 Å². The summed E-state index contributed by atoms with van der Waals surface area (Å²) in [5, 5.41) is 10.1. The molecule has 5 nitrogen and oxygen atoms in total. The number of carbonyl (C=O) groups is 1. The van der Waals surface area contributed by atoms with E-state index in [1.807, 2.05) is 0 Å². The lowest BCUT2D eigenvalue weighted by Gasteiger charge is -2.00. The fourth-order valence-electron chi connectivity index (χ4n) is 1.18. The Kier molecular flexibility index (Phi) is 1.98. The van der Waals surface area contributed by atoms with E-state index in [0.29, 0.717) is 16.9 Å². The molecule has 5 heteroatoms. The van der Waals surface area contributed by atoms with Gasteiger partial charge in [0.15, 0.2) is 6.29 Å². The number of anilines is 1. The number of nitrogen functional groups attached to an aromatic ring is 1. The van der Waals surface area contributed by atoms with Crippen LogP contribution in [0, 0.1) is 0 Å². The summed E-state index contributed by atoms with van der Waals surface area (Å²) in [5.41, 5.74) is 8.11. The Labute approximate surface area is 79.9 Å². The molecule has 3 N–H and O–H groups in total. The highest BCUT2D eigenvalue weighted by atomic mass is 16.1. The summed E-state index contributed by atoms with van der Waals surface area (Å²) in [4.78, 5) is 10.5. The molecule has 0 unspecified atom stereocenters. The summed E-state index contributed by atoms with van der Waals surface area (Å²) >= 11 is 0. The predicted octanol–water partition coefficient (Wildman–Crippen LogP) is 0.866. The maximum atomic E-state index is 10.5. The summed E-state index contributed by atoms with van der Waals surface area (Å²) in [6.07, 6.45) is 2.32. The number of nitrogens with two attached hydrogens (primary N) is 1. The van der Waals surface area contributed by atoms with Gasteiger partial charge in [-0.05, 0) is 12.1 Å². The standard InChI is InChI=1S/C9H8N4O/c10-8-3-6(1-2-7(8)5-14)9-4-11-13-12-9/h1-5H,10H2,(H,11,12,13). The quantitative estimate of drug-likeness (QED) is 0.540. The first-order chi connectivity index (χ1) is 6.81. The monoisotopic (exact) mass is 188 g/mol. The van der Waals surface area contributed by atoms with Gasteiger partial charge in [0, 0.05) is 16.8 Å². The molecule has 0 bridgehead atoms. The number of hydrogen-bond acceptors (Lipinski definition) is 4. The molecule has 0 spiro atoms. The predicted molar refractivity (Wildman–Crippen MR) is 51.6 cm³/mol. The first-order valence-electron chi connectivity index (χ1n) is 4.02. The van der Waals surface area contributed by atoms with Crippen molar-refractivity contribution in [2.24, 2.45) is 0 Å². The molecule has 0 radical (unpaired) electrons. The van der Waals surface area contributed by atoms with Gasteiger partial charge in [0.25, 0.3) is 0 Å². The Balaban J connectivity index is 2.48. The number of aromatic amines is 1. The molecule has 0 fully saturated rings. The Morgan fingerprint density at radius 3 is 2.86 bits per heavy atom. The zero-order chi connectivity index (χ0) is 9.97. The van der Waals surface area contributed by atoms with Gasteiger partial charge in [0.05, 0.1) is 6.20 Å². The number of hydrogen-bond donors (Lipinski definition) is 2. The Morgan fingerprint density at radius 1 is 1.43 bits per heavy atom. The minimum atomic E-state index is 0.445. The normalized spacial score (nSPS) is 10.0. The van der Waals surface area contributed by atoms with Crippen LogP contribution in [0.1, 0.15) is 10.4 Å². The molecule has 1 aromatic heterocycles. The van der Waals surface area contributed by atoms with Crippen molar-refractivity contribution in [2.75, 3.05) is 5.73 Å². The molecule has 2 aromatic rings. The van der Waals surface area contributed by atoms with Crippen LogP contribution >= 0.6 is 0 Å². The third-order valence-corrected chi connectivity index (χ3v) is 1.92. The van der Waals surface area contributed by atoms with Gasteiger partial charge in [-0.3, -0.25) is 4.79 Å². The second-order valence-electron chi connectivity index (χ2n) is 2.82. The van der Waals surface area contributed by atoms with Gasteiger partial charge in [0.1, 0.15) is 5.69 Å². The van der Waals surface area contributed by atoms with E-state index >= 15 is 0 Å². The maximum Gasteiger partial charge on any atom is 0.152 e. The number of nitrogens with one attached hydrogen (secondary N) is 1. The number of aromatic nitrogens is 3. The number of benzene rings is 1. The highest BCUT2D eigenvalue weighted by molar-refractivity contribution is 5.85. The van der Waals surface area contributed by atoms with Crippen LogP contribution in [0.25, 0.3) is 11.3 Å². The van der Waals surface area contributed by atoms with Crippen molar-refractivity contribution in [3.63, 3.8) is 0 Å². The van der Waals surface area contributed by atoms with Crippen LogP contribution in [0.5, 0.6) is 0 Å². The number of carbonyl (C=O) groups excluding carboxylic acids is 1. The van der Waals surface area contributed by atoms with Crippen molar-refractivity contribution in [1.82, 2.24) is 15.4 Å². The lowest BCUT2D eigenvalue weighted by atomic mass is 10.1. The fourth-order valence-corrected chi connectivity index (χ4v) is 1.18. The lowest BCUT2D eigenvalue weighted by Crippen LogP contribution is -1.93. The van der Waals surface area contributed by atoms with Crippen molar-refractivity contribution in [2.45, 2.75) is 0 Å². The maximum absolute atomic E-state index is 10.5. The number of H-pyrrole nitrogens is 1. The molecule has 0 saturated heterocycles. The van der Waals surface area contributed by atoms with Crippen LogP contribution in [-0.4, -0.2) is 21.7 Å². The van der Waals surface area contributed by atoms with E-state index in [1.165, 1.54) is 0 Å². The molecule has 0 aliphatic rings. The summed E-state index contributed by atoms with van der Waals surface area (Å²) in [5.74, 6) is 0. The smallest absolute Gasteiger partial charge is 0.152 e. The zero-order valence-corrected chi connectivity index (χ0v) is 7.27. The molecule has 0 atom stereocenters. The minimum Gasteiger partial charge on any atom is -0.398 e. The molecule has 0 aliphatic carbocycles. The molecule has 1 heterocycles. The van der Waals surface area contributed by atoms with E-state index in [0.717, 1.165) is 11.8 Å². The van der Waals surface area contributed by atoms with Crippen LogP contribution in [0.4, 0.5) is 5.69 Å². The van der Waals surface area contributed by atoms with E-state index in [9.17, 15) is 4.79 Å². The van der Waals surface area contributed by atoms with Crippen LogP contribution < -0.4 is 5.73 Å². The molecule has 14 heavy (non-hydrogen) atoms. The third-order valence-electron chi connectivity index (χ3n) is 1.92. The minimum absolute atomic E-state index is 0.445. The van der Waals surface area contributed by atoms with Crippen molar-refractivity contribution >= 4 is 12.0 Å². The summed E-state index contributed by atoms with van der Waals surface area (Å²) in [6, 6.07) is 5.13. The zero-order valence-electron chi connectivity index (χ0n) is 7.27. The molecule has 0 amide bonds. The van der Waals surface area contributed by atoms with Crippen LogP contribution in [0.2, 0.25) is 0 Å². The van der Waals surface area contributed by atoms with Crippen LogP contribution in [0.15, 0.2) is 24.4 Å². The second kappa shape index (κ2) is 3.29. The van der Waals surface area contributed by atoms with Gasteiger partial charge in [-0.15, -0.1) is 0 Å². The SMILES string of the molecule is Nc1cc(-c2cn[nH]n2)ccc1C=O. The Hall–Kier alpha value is -2.17. The Bertz CT molecular complexity index is 450. The van der Waals surface area contributed by atoms with E-state index < -0.39 is 0 Å². The van der Waals surface area contributed by atoms with Crippen molar-refractivity contribution < 1.29 is 4.79 Å². The largest absolute Gasteiger partial charge is 0.398 e. The Morgan fingerprint density at radius 2 is 2.29 bits per heavy atom. The average Bonchev–Trinajstić information content (AvgIpc) is 2.70. The van der Waals surface area contributed by atoms with E-state index in [4.69, 9.17) is 5.73 Å². The van der Waals surface area contributed by atoms with Gasteiger partial charge < -0.3 is 5.73 Å². The second-order valence-corrected chi connectivity index (χ2v) is 2.82. The molecular weight excluding hydrogens is 180 g/mol. The van der Waals surface area contributed by atoms with Crippen molar-refractivity contribution in [1.29, 1.82) is 0 Å². The molecule has 2 rings (SSSR count). The number of aldehydes is 1. The van der Waals surface area contributed by atoms with Gasteiger partial charge in [-0.2, -0.15) is 15.4 Å². The van der Waals surface area contributed by atoms with E-state index in [-0.39, 0.29) is 0 Å². The van der Waals surface area contributed by atoms with E-state index in [2.05, 4.69) is 15.4 Å². The first kappa shape index (κ1) is 8.43. The highest BCUT2D eigenvalue weighted by Crippen LogP contribution is 2.20. The van der Waals surface area contributed by atoms with E-state index in [1.54, 1.807) is 24.4 Å². The molecule has 70 valence electrons. The lowest BCUT2D eigenvalue weighted by molar-refractivity contribution is 0.112. The summed E-state index contributed by atoms with van der Waals surface area (Å²) in [6.45, 7) is 0. The molecular formula is C9H8N4O. The highest BCUT2D eigenvalue weighted by Gasteiger charge is 2.03. The van der Waals surface area contributed by atoms with Gasteiger partial charge in [-0.25, -0.2) is 0 Å². The van der Waals surface area contributed by atoms with Crippen LogP contribution in [0.3, 0.4) is 0 Å². The van der Waals surface area contributed by atoms with Crippen LogP contribution in [-0.2, 0) is 0 Å². The van der Waals surface area contributed by atoms with Crippen molar-refractivity contribution in [3.8, 4) is 11.3 Å². The topological polar surface area (TPSA) is 84.7 Å². The number of rotatable bonds is 2. The van der Waals surface area contributed by atoms with Gasteiger partial charge >= 0.3 is 0 Å². The van der Waals surface area contributed by atoms with Crippen molar-refractivity contribution in [3.05, 3.63) is 30.0 Å². The molecule has 0 aliphatic heterocycles. The first-order valence-corrected chi connectivity index (χ1v) is 4.02. The average molecular weight is 188 g/mol. The summed E-state index contributed by atoms with van der Waals surface area (Å²) in [7, 11) is 0. The number of nitrogens with zero attached hydrogens (tertiary/aromatic N) is 2. The summed E-state index contributed by atoms with van der Waals surface area (Å²) < 4.78 is 0. The molecule has 1 aromatic carbocycles. The van der Waals surface area contributed by atoms with Gasteiger partial charge in [-0.1, -0.05) is 6.07 Å². The fraction of sp³-hybridized carbons (Fsp3) is 0. The molecule has 0 saturated carbocycles.